The lowest BCUT2D eigenvalue weighted by Gasteiger charge is -2.29. The van der Waals surface area contributed by atoms with Crippen molar-refractivity contribution >= 4 is 5.91 Å². The van der Waals surface area contributed by atoms with Gasteiger partial charge in [-0.25, -0.2) is 0 Å². The summed E-state index contributed by atoms with van der Waals surface area (Å²) in [7, 11) is 0. The number of primary amides is 1. The van der Waals surface area contributed by atoms with E-state index in [-0.39, 0.29) is 11.9 Å². The molecule has 1 amide bonds. The maximum absolute atomic E-state index is 11.5. The van der Waals surface area contributed by atoms with Crippen molar-refractivity contribution in [3.05, 3.63) is 29.3 Å². The molecule has 0 aromatic heterocycles. The molecule has 0 aliphatic carbocycles. The Kier molecular flexibility index (Phi) is 3.80. The molecule has 1 aliphatic heterocycles. The molecule has 104 valence electrons. The summed E-state index contributed by atoms with van der Waals surface area (Å²) in [5.41, 5.74) is 6.96. The summed E-state index contributed by atoms with van der Waals surface area (Å²) in [5.74, 6) is 0.602. The third-order valence-electron chi connectivity index (χ3n) is 3.65. The van der Waals surface area contributed by atoms with Crippen LogP contribution in [0.1, 0.15) is 43.9 Å². The zero-order chi connectivity index (χ0) is 14.0. The molecule has 4 nitrogen and oxygen atoms in total. The molecule has 0 saturated carbocycles. The molecule has 1 atom stereocenters. The van der Waals surface area contributed by atoms with E-state index in [1.807, 2.05) is 32.9 Å². The minimum atomic E-state index is -0.726. The second-order valence-corrected chi connectivity index (χ2v) is 5.67. The standard InChI is InChI=1S/C15H22N2O2/c1-10-6-4-7-11-12(8-5-9-19-13(10)11)17-15(2,3)14(16)18/h4,6-7,12,17H,5,8-9H2,1-3H3,(H2,16,18). The normalized spacial score (nSPS) is 19.2. The number of hydrogen-bond donors (Lipinski definition) is 2. The monoisotopic (exact) mass is 262 g/mol. The van der Waals surface area contributed by atoms with Gasteiger partial charge in [0.1, 0.15) is 5.75 Å². The fraction of sp³-hybridized carbons (Fsp3) is 0.533. The predicted molar refractivity (Wildman–Crippen MR) is 75.1 cm³/mol. The van der Waals surface area contributed by atoms with Gasteiger partial charge in [-0.15, -0.1) is 0 Å². The van der Waals surface area contributed by atoms with Crippen LogP contribution in [0.15, 0.2) is 18.2 Å². The van der Waals surface area contributed by atoms with Gasteiger partial charge >= 0.3 is 0 Å². The van der Waals surface area contributed by atoms with E-state index in [0.29, 0.717) is 6.61 Å². The fourth-order valence-electron chi connectivity index (χ4n) is 2.42. The average molecular weight is 262 g/mol. The van der Waals surface area contributed by atoms with Gasteiger partial charge in [0.25, 0.3) is 0 Å². The Morgan fingerprint density at radius 2 is 2.21 bits per heavy atom. The van der Waals surface area contributed by atoms with Crippen molar-refractivity contribution in [1.29, 1.82) is 0 Å². The number of hydrogen-bond acceptors (Lipinski definition) is 3. The van der Waals surface area contributed by atoms with Crippen LogP contribution in [-0.2, 0) is 4.79 Å². The molecule has 1 aromatic rings. The van der Waals surface area contributed by atoms with E-state index in [4.69, 9.17) is 10.5 Å². The molecule has 0 radical (unpaired) electrons. The van der Waals surface area contributed by atoms with E-state index < -0.39 is 5.54 Å². The van der Waals surface area contributed by atoms with Crippen LogP contribution in [0.25, 0.3) is 0 Å². The lowest BCUT2D eigenvalue weighted by atomic mass is 9.95. The molecular weight excluding hydrogens is 240 g/mol. The lowest BCUT2D eigenvalue weighted by Crippen LogP contribution is -2.51. The third-order valence-corrected chi connectivity index (χ3v) is 3.65. The Bertz CT molecular complexity index is 483. The van der Waals surface area contributed by atoms with E-state index in [1.165, 1.54) is 0 Å². The molecule has 1 heterocycles. The SMILES string of the molecule is Cc1cccc2c1OCCCC2NC(C)(C)C(N)=O. The summed E-state index contributed by atoms with van der Waals surface area (Å²) in [6, 6.07) is 6.22. The van der Waals surface area contributed by atoms with Crippen LogP contribution in [0, 0.1) is 6.92 Å². The molecule has 1 aliphatic rings. The predicted octanol–water partition coefficient (Wildman–Crippen LogP) is 2.06. The van der Waals surface area contributed by atoms with Crippen LogP contribution in [-0.4, -0.2) is 18.1 Å². The van der Waals surface area contributed by atoms with Crippen LogP contribution < -0.4 is 15.8 Å². The number of amides is 1. The van der Waals surface area contributed by atoms with Crippen molar-refractivity contribution in [2.45, 2.75) is 45.2 Å². The zero-order valence-corrected chi connectivity index (χ0v) is 11.8. The first-order valence-corrected chi connectivity index (χ1v) is 6.72. The minimum absolute atomic E-state index is 0.0971. The number of fused-ring (bicyclic) bond motifs is 1. The number of para-hydroxylation sites is 1. The van der Waals surface area contributed by atoms with E-state index in [0.717, 1.165) is 29.7 Å². The molecule has 2 rings (SSSR count). The maximum atomic E-state index is 11.5. The van der Waals surface area contributed by atoms with Crippen molar-refractivity contribution in [2.75, 3.05) is 6.61 Å². The summed E-state index contributed by atoms with van der Waals surface area (Å²) in [6.45, 7) is 6.39. The number of aryl methyl sites for hydroxylation is 1. The number of carbonyl (C=O) groups is 1. The highest BCUT2D eigenvalue weighted by Gasteiger charge is 2.30. The maximum Gasteiger partial charge on any atom is 0.237 e. The Hall–Kier alpha value is -1.55. The van der Waals surface area contributed by atoms with Gasteiger partial charge in [0, 0.05) is 11.6 Å². The Morgan fingerprint density at radius 1 is 1.47 bits per heavy atom. The van der Waals surface area contributed by atoms with Gasteiger partial charge in [-0.1, -0.05) is 18.2 Å². The topological polar surface area (TPSA) is 64.3 Å². The van der Waals surface area contributed by atoms with Gasteiger partial charge in [-0.2, -0.15) is 0 Å². The number of carbonyl (C=O) groups excluding carboxylic acids is 1. The van der Waals surface area contributed by atoms with Gasteiger partial charge in [0.05, 0.1) is 12.1 Å². The summed E-state index contributed by atoms with van der Waals surface area (Å²) in [4.78, 5) is 11.5. The zero-order valence-electron chi connectivity index (χ0n) is 11.8. The Balaban J connectivity index is 2.33. The summed E-state index contributed by atoms with van der Waals surface area (Å²) < 4.78 is 5.83. The molecule has 0 spiro atoms. The van der Waals surface area contributed by atoms with Gasteiger partial charge in [0.15, 0.2) is 0 Å². The first kappa shape index (κ1) is 13.9. The number of rotatable bonds is 3. The molecule has 1 aromatic carbocycles. The van der Waals surface area contributed by atoms with E-state index in [1.54, 1.807) is 0 Å². The van der Waals surface area contributed by atoms with E-state index >= 15 is 0 Å². The highest BCUT2D eigenvalue weighted by Crippen LogP contribution is 2.34. The number of nitrogens with two attached hydrogens (primary N) is 1. The summed E-state index contributed by atoms with van der Waals surface area (Å²) in [6.07, 6.45) is 1.90. The molecule has 3 N–H and O–H groups in total. The first-order valence-electron chi connectivity index (χ1n) is 6.72. The smallest absolute Gasteiger partial charge is 0.237 e. The van der Waals surface area contributed by atoms with Gasteiger partial charge in [-0.05, 0) is 39.2 Å². The molecule has 0 bridgehead atoms. The lowest BCUT2D eigenvalue weighted by molar-refractivity contribution is -0.123. The van der Waals surface area contributed by atoms with Gasteiger partial charge in [-0.3, -0.25) is 10.1 Å². The van der Waals surface area contributed by atoms with Crippen molar-refractivity contribution in [1.82, 2.24) is 5.32 Å². The molecule has 1 unspecified atom stereocenters. The molecule has 19 heavy (non-hydrogen) atoms. The van der Waals surface area contributed by atoms with Crippen molar-refractivity contribution < 1.29 is 9.53 Å². The third kappa shape index (κ3) is 2.89. The fourth-order valence-corrected chi connectivity index (χ4v) is 2.42. The number of nitrogens with one attached hydrogen (secondary N) is 1. The summed E-state index contributed by atoms with van der Waals surface area (Å²) >= 11 is 0. The van der Waals surface area contributed by atoms with Crippen LogP contribution in [0.2, 0.25) is 0 Å². The second kappa shape index (κ2) is 5.21. The summed E-state index contributed by atoms with van der Waals surface area (Å²) in [5, 5.41) is 3.36. The van der Waals surface area contributed by atoms with Crippen molar-refractivity contribution in [3.63, 3.8) is 0 Å². The van der Waals surface area contributed by atoms with Gasteiger partial charge in [0.2, 0.25) is 5.91 Å². The molecular formula is C15H22N2O2. The largest absolute Gasteiger partial charge is 0.493 e. The van der Waals surface area contributed by atoms with Gasteiger partial charge < -0.3 is 10.5 Å². The van der Waals surface area contributed by atoms with E-state index in [9.17, 15) is 4.79 Å². The van der Waals surface area contributed by atoms with Crippen LogP contribution in [0.3, 0.4) is 0 Å². The second-order valence-electron chi connectivity index (χ2n) is 5.67. The quantitative estimate of drug-likeness (QED) is 0.876. The van der Waals surface area contributed by atoms with Crippen LogP contribution in [0.5, 0.6) is 5.75 Å². The van der Waals surface area contributed by atoms with Crippen molar-refractivity contribution in [3.8, 4) is 5.75 Å². The molecule has 4 heteroatoms. The Morgan fingerprint density at radius 3 is 2.89 bits per heavy atom. The first-order chi connectivity index (χ1) is 8.92. The molecule has 0 fully saturated rings. The molecule has 0 saturated heterocycles. The van der Waals surface area contributed by atoms with Crippen molar-refractivity contribution in [2.24, 2.45) is 5.73 Å². The van der Waals surface area contributed by atoms with Crippen LogP contribution in [0.4, 0.5) is 0 Å². The highest BCUT2D eigenvalue weighted by molar-refractivity contribution is 5.83. The highest BCUT2D eigenvalue weighted by atomic mass is 16.5. The average Bonchev–Trinajstić information content (AvgIpc) is 2.53. The van der Waals surface area contributed by atoms with E-state index in [2.05, 4.69) is 11.4 Å². The number of benzene rings is 1. The minimum Gasteiger partial charge on any atom is -0.493 e. The van der Waals surface area contributed by atoms with Crippen LogP contribution >= 0.6 is 0 Å². The Labute approximate surface area is 114 Å². The number of ether oxygens (including phenoxy) is 1.